The standard InChI is InChI=1S/C8H10O2.C7H16.2C6H6.2C3H8.3C2H6/c9-6-7-10-8-4-2-1-3-5-8;1-3-5-7-6-4-2;2*1-2-4-6-5-3-1;2*1-3-2;3*1-2/h1-5,9H,6-7H2;3-7H2,1-2H3;2*1-6H;2*3H2,1-2H3;3*1-2H3. The van der Waals surface area contributed by atoms with Crippen molar-refractivity contribution < 1.29 is 9.84 Å². The number of hydrogen-bond donors (Lipinski definition) is 1. The monoisotopic (exact) mass is 573 g/mol. The van der Waals surface area contributed by atoms with Crippen LogP contribution in [-0.4, -0.2) is 18.3 Å². The number of unbranched alkanes of at least 4 members (excludes halogenated alkanes) is 4. The molecule has 2 nitrogen and oxygen atoms in total. The van der Waals surface area contributed by atoms with E-state index in [0.29, 0.717) is 6.61 Å². The van der Waals surface area contributed by atoms with Gasteiger partial charge in [-0.05, 0) is 12.1 Å². The lowest BCUT2D eigenvalue weighted by molar-refractivity contribution is 0.201. The number of rotatable bonds is 7. The average Bonchev–Trinajstić information content (AvgIpc) is 3.07. The van der Waals surface area contributed by atoms with Crippen molar-refractivity contribution in [3.8, 4) is 5.75 Å². The highest BCUT2D eigenvalue weighted by Crippen LogP contribution is 2.07. The highest BCUT2D eigenvalue weighted by atomic mass is 16.5. The fraction of sp³-hybridized carbons (Fsp3) is 0.538. The molecule has 0 bridgehead atoms. The van der Waals surface area contributed by atoms with Crippen LogP contribution in [-0.2, 0) is 0 Å². The van der Waals surface area contributed by atoms with Crippen molar-refractivity contribution in [3.05, 3.63) is 103 Å². The van der Waals surface area contributed by atoms with E-state index < -0.39 is 0 Å². The van der Waals surface area contributed by atoms with E-state index in [-0.39, 0.29) is 6.61 Å². The van der Waals surface area contributed by atoms with E-state index in [9.17, 15) is 0 Å². The summed E-state index contributed by atoms with van der Waals surface area (Å²) in [5, 5.41) is 8.40. The number of para-hydroxylation sites is 1. The van der Waals surface area contributed by atoms with Crippen molar-refractivity contribution in [2.45, 2.75) is 128 Å². The molecule has 0 spiro atoms. The number of aliphatic hydroxyl groups excluding tert-OH is 1. The van der Waals surface area contributed by atoms with Crippen LogP contribution in [0.3, 0.4) is 0 Å². The van der Waals surface area contributed by atoms with Gasteiger partial charge in [-0.15, -0.1) is 0 Å². The Balaban J connectivity index is -0.0000000896. The lowest BCUT2D eigenvalue weighted by Gasteiger charge is -2.01. The summed E-state index contributed by atoms with van der Waals surface area (Å²) in [6, 6.07) is 33.4. The quantitative estimate of drug-likeness (QED) is 0.285. The van der Waals surface area contributed by atoms with Gasteiger partial charge in [0.05, 0.1) is 6.61 Å². The summed E-state index contributed by atoms with van der Waals surface area (Å²) in [6.45, 7) is 25.4. The van der Waals surface area contributed by atoms with E-state index in [1.807, 2.05) is 145 Å². The van der Waals surface area contributed by atoms with Gasteiger partial charge in [0, 0.05) is 0 Å². The first kappa shape index (κ1) is 51.2. The molecule has 0 aliphatic heterocycles. The van der Waals surface area contributed by atoms with E-state index in [0.717, 1.165) is 5.75 Å². The van der Waals surface area contributed by atoms with E-state index in [1.54, 1.807) is 0 Å². The van der Waals surface area contributed by atoms with Crippen LogP contribution in [0.2, 0.25) is 0 Å². The lowest BCUT2D eigenvalue weighted by Crippen LogP contribution is -2.00. The lowest BCUT2D eigenvalue weighted by atomic mass is 10.2. The second-order valence-electron chi connectivity index (χ2n) is 7.67. The topological polar surface area (TPSA) is 29.5 Å². The molecule has 2 heteroatoms. The van der Waals surface area contributed by atoms with Gasteiger partial charge >= 0.3 is 0 Å². The van der Waals surface area contributed by atoms with Gasteiger partial charge in [-0.25, -0.2) is 0 Å². The van der Waals surface area contributed by atoms with Gasteiger partial charge in [0.2, 0.25) is 0 Å². The summed E-state index contributed by atoms with van der Waals surface area (Å²) in [6.07, 6.45) is 9.51. The smallest absolute Gasteiger partial charge is 0.119 e. The van der Waals surface area contributed by atoms with Crippen LogP contribution in [0.15, 0.2) is 103 Å². The molecule has 41 heavy (non-hydrogen) atoms. The molecule has 3 rings (SSSR count). The molecule has 0 aliphatic carbocycles. The van der Waals surface area contributed by atoms with Crippen LogP contribution in [0.25, 0.3) is 0 Å². The Kier molecular flexibility index (Phi) is 82.4. The van der Waals surface area contributed by atoms with E-state index >= 15 is 0 Å². The zero-order valence-electron chi connectivity index (χ0n) is 29.5. The fourth-order valence-corrected chi connectivity index (χ4v) is 2.13. The van der Waals surface area contributed by atoms with Crippen LogP contribution < -0.4 is 4.74 Å². The maximum Gasteiger partial charge on any atom is 0.119 e. The Hall–Kier alpha value is -2.58. The van der Waals surface area contributed by atoms with Gasteiger partial charge in [-0.1, -0.05) is 219 Å². The van der Waals surface area contributed by atoms with Crippen molar-refractivity contribution in [1.82, 2.24) is 0 Å². The zero-order chi connectivity index (χ0) is 32.7. The third kappa shape index (κ3) is 72.7. The number of aliphatic hydroxyl groups is 1. The minimum Gasteiger partial charge on any atom is -0.491 e. The third-order valence-corrected chi connectivity index (χ3v) is 3.64. The molecule has 0 fully saturated rings. The number of ether oxygens (including phenoxy) is 1. The Morgan fingerprint density at radius 1 is 0.439 bits per heavy atom. The summed E-state index contributed by atoms with van der Waals surface area (Å²) >= 11 is 0. The second-order valence-corrected chi connectivity index (χ2v) is 7.67. The predicted octanol–water partition coefficient (Wildman–Crippen LogP) is 13.3. The van der Waals surface area contributed by atoms with Gasteiger partial charge in [-0.2, -0.15) is 0 Å². The molecular weight excluding hydrogens is 500 g/mol. The molecule has 0 amide bonds. The van der Waals surface area contributed by atoms with Crippen molar-refractivity contribution in [2.24, 2.45) is 0 Å². The fourth-order valence-electron chi connectivity index (χ4n) is 2.13. The maximum atomic E-state index is 8.40. The largest absolute Gasteiger partial charge is 0.491 e. The second kappa shape index (κ2) is 66.0. The van der Waals surface area contributed by atoms with Gasteiger partial charge in [0.25, 0.3) is 0 Å². The molecule has 0 atom stereocenters. The minimum atomic E-state index is 0.0644. The van der Waals surface area contributed by atoms with Crippen molar-refractivity contribution in [1.29, 1.82) is 0 Å². The molecule has 0 heterocycles. The Morgan fingerprint density at radius 2 is 0.683 bits per heavy atom. The maximum absolute atomic E-state index is 8.40. The summed E-state index contributed by atoms with van der Waals surface area (Å²) in [5.41, 5.74) is 0. The summed E-state index contributed by atoms with van der Waals surface area (Å²) < 4.78 is 5.11. The molecule has 0 unspecified atom stereocenters. The van der Waals surface area contributed by atoms with E-state index in [4.69, 9.17) is 9.84 Å². The highest BCUT2D eigenvalue weighted by molar-refractivity contribution is 5.20. The number of hydrogen-bond acceptors (Lipinski definition) is 2. The SMILES string of the molecule is CC.CC.CC.CCC.CCC.CCCCCCC.OCCOc1ccccc1.c1ccccc1.c1ccccc1. The van der Waals surface area contributed by atoms with E-state index in [2.05, 4.69) is 41.5 Å². The number of benzene rings is 3. The first-order valence-corrected chi connectivity index (χ1v) is 16.5. The van der Waals surface area contributed by atoms with Gasteiger partial charge in [0.15, 0.2) is 0 Å². The van der Waals surface area contributed by atoms with Crippen LogP contribution >= 0.6 is 0 Å². The van der Waals surface area contributed by atoms with Crippen molar-refractivity contribution >= 4 is 0 Å². The van der Waals surface area contributed by atoms with Crippen molar-refractivity contribution in [2.75, 3.05) is 13.2 Å². The van der Waals surface area contributed by atoms with Crippen molar-refractivity contribution in [3.63, 3.8) is 0 Å². The molecule has 0 saturated heterocycles. The minimum absolute atomic E-state index is 0.0644. The third-order valence-electron chi connectivity index (χ3n) is 3.64. The molecule has 3 aromatic rings. The molecule has 1 N–H and O–H groups in total. The van der Waals surface area contributed by atoms with Crippen LogP contribution in [0, 0.1) is 0 Å². The first-order valence-electron chi connectivity index (χ1n) is 16.5. The summed E-state index contributed by atoms with van der Waals surface area (Å²) in [4.78, 5) is 0. The molecule has 3 aromatic carbocycles. The van der Waals surface area contributed by atoms with Gasteiger partial charge in [0.1, 0.15) is 12.4 Å². The Labute approximate surface area is 259 Å². The first-order chi connectivity index (χ1) is 20.2. The van der Waals surface area contributed by atoms with Crippen LogP contribution in [0.5, 0.6) is 5.75 Å². The zero-order valence-corrected chi connectivity index (χ0v) is 29.5. The summed E-state index contributed by atoms with van der Waals surface area (Å²) in [5.74, 6) is 0.802. The molecule has 0 aromatic heterocycles. The molecule has 0 saturated carbocycles. The predicted molar refractivity (Wildman–Crippen MR) is 192 cm³/mol. The highest BCUT2D eigenvalue weighted by Gasteiger charge is 1.87. The Bertz CT molecular complexity index is 551. The normalized spacial score (nSPS) is 7.54. The van der Waals surface area contributed by atoms with E-state index in [1.165, 1.54) is 44.9 Å². The molecule has 240 valence electrons. The van der Waals surface area contributed by atoms with Crippen LogP contribution in [0.1, 0.15) is 128 Å². The molecule has 0 radical (unpaired) electrons. The molecule has 0 aliphatic rings. The Morgan fingerprint density at radius 3 is 0.902 bits per heavy atom. The van der Waals surface area contributed by atoms with Gasteiger partial charge in [-0.3, -0.25) is 0 Å². The average molecular weight is 573 g/mol. The van der Waals surface area contributed by atoms with Crippen LogP contribution in [0.4, 0.5) is 0 Å². The summed E-state index contributed by atoms with van der Waals surface area (Å²) in [7, 11) is 0. The van der Waals surface area contributed by atoms with Gasteiger partial charge < -0.3 is 9.84 Å². The molecular formula is C39H72O2.